The molecule has 0 unspecified atom stereocenters. The lowest BCUT2D eigenvalue weighted by Crippen LogP contribution is -2.32. The van der Waals surface area contributed by atoms with Gasteiger partial charge in [0.25, 0.3) is 0 Å². The molecule has 0 N–H and O–H groups in total. The van der Waals surface area contributed by atoms with E-state index in [9.17, 15) is 4.79 Å². The molecule has 2 aliphatic carbocycles. The quantitative estimate of drug-likeness (QED) is 0.317. The average Bonchev–Trinajstić information content (AvgIpc) is 2.78. The number of carbonyl (C=O) groups is 1. The van der Waals surface area contributed by atoms with Crippen molar-refractivity contribution in [3.63, 3.8) is 0 Å². The molecule has 4 atom stereocenters. The number of hydrogen-bond donors (Lipinski definition) is 0. The zero-order valence-electron chi connectivity index (χ0n) is 8.55. The van der Waals surface area contributed by atoms with Gasteiger partial charge in [0.05, 0.1) is 23.7 Å². The molecule has 2 bridgehead atoms. The fraction of sp³-hybridized carbons (Fsp3) is 0.636. The Morgan fingerprint density at radius 1 is 1.60 bits per heavy atom. The molecule has 0 spiro atoms. The van der Waals surface area contributed by atoms with E-state index in [1.54, 1.807) is 0 Å². The fourth-order valence-electron chi connectivity index (χ4n) is 2.59. The molecule has 0 aromatic rings. The molecule has 15 heavy (non-hydrogen) atoms. The Bertz CT molecular complexity index is 346. The van der Waals surface area contributed by atoms with Gasteiger partial charge >= 0.3 is 5.97 Å². The van der Waals surface area contributed by atoms with Crippen LogP contribution in [0.1, 0.15) is 13.3 Å². The van der Waals surface area contributed by atoms with Gasteiger partial charge in [-0.25, -0.2) is 4.99 Å². The number of carbonyl (C=O) groups excluding carboxylic acids is 1. The summed E-state index contributed by atoms with van der Waals surface area (Å²) in [5.74, 6) is 0.342. The highest BCUT2D eigenvalue weighted by atomic mass is 32.1. The minimum absolute atomic E-state index is 0.0449. The van der Waals surface area contributed by atoms with Gasteiger partial charge in [0.2, 0.25) is 0 Å². The van der Waals surface area contributed by atoms with Gasteiger partial charge in [0, 0.05) is 5.92 Å². The molecule has 0 aromatic carbocycles. The molecule has 0 amide bonds. The summed E-state index contributed by atoms with van der Waals surface area (Å²) in [4.78, 5) is 15.8. The lowest BCUT2D eigenvalue weighted by atomic mass is 9.89. The predicted octanol–water partition coefficient (Wildman–Crippen LogP) is 1.84. The van der Waals surface area contributed by atoms with Crippen LogP contribution in [0.4, 0.5) is 0 Å². The van der Waals surface area contributed by atoms with Crippen molar-refractivity contribution in [1.82, 2.24) is 0 Å². The van der Waals surface area contributed by atoms with Gasteiger partial charge in [-0.3, -0.25) is 4.79 Å². The van der Waals surface area contributed by atoms with Crippen LogP contribution in [0.3, 0.4) is 0 Å². The first-order valence-electron chi connectivity index (χ1n) is 5.20. The van der Waals surface area contributed by atoms with E-state index in [2.05, 4.69) is 34.5 Å². The van der Waals surface area contributed by atoms with E-state index in [1.807, 2.05) is 6.92 Å². The van der Waals surface area contributed by atoms with Crippen molar-refractivity contribution in [2.75, 3.05) is 6.61 Å². The average molecular weight is 223 g/mol. The Morgan fingerprint density at radius 3 is 3.00 bits per heavy atom. The van der Waals surface area contributed by atoms with E-state index in [0.717, 1.165) is 6.42 Å². The van der Waals surface area contributed by atoms with Gasteiger partial charge in [-0.2, -0.15) is 0 Å². The molecule has 0 aromatic heterocycles. The number of nitrogens with zero attached hydrogens (tertiary/aromatic N) is 1. The maximum Gasteiger partial charge on any atom is 0.311 e. The molecule has 2 rings (SSSR count). The van der Waals surface area contributed by atoms with Crippen LogP contribution in [-0.4, -0.2) is 23.8 Å². The second-order valence-corrected chi connectivity index (χ2v) is 4.12. The molecular weight excluding hydrogens is 210 g/mol. The van der Waals surface area contributed by atoms with Crippen LogP contribution in [0, 0.1) is 17.8 Å². The minimum Gasteiger partial charge on any atom is -0.466 e. The first-order valence-corrected chi connectivity index (χ1v) is 5.60. The van der Waals surface area contributed by atoms with Gasteiger partial charge in [0.1, 0.15) is 0 Å². The molecule has 0 aliphatic heterocycles. The third-order valence-electron chi connectivity index (χ3n) is 3.18. The molecule has 3 nitrogen and oxygen atoms in total. The smallest absolute Gasteiger partial charge is 0.311 e. The van der Waals surface area contributed by atoms with Gasteiger partial charge in [-0.15, -0.1) is 0 Å². The zero-order valence-corrected chi connectivity index (χ0v) is 9.37. The molecule has 1 fully saturated rings. The normalized spacial score (nSPS) is 36.3. The van der Waals surface area contributed by atoms with Crippen LogP contribution in [0.15, 0.2) is 17.1 Å². The van der Waals surface area contributed by atoms with E-state index in [-0.39, 0.29) is 23.8 Å². The van der Waals surface area contributed by atoms with Crippen LogP contribution in [-0.2, 0) is 9.53 Å². The van der Waals surface area contributed by atoms with Crippen LogP contribution < -0.4 is 0 Å². The third-order valence-corrected chi connectivity index (χ3v) is 3.28. The number of allylic oxidation sites excluding steroid dienone is 1. The Hall–Kier alpha value is -0.990. The number of hydrogen-bond acceptors (Lipinski definition) is 4. The summed E-state index contributed by atoms with van der Waals surface area (Å²) in [6, 6.07) is -0.0449. The molecular formula is C11H13NO2S. The highest BCUT2D eigenvalue weighted by Gasteiger charge is 2.49. The highest BCUT2D eigenvalue weighted by molar-refractivity contribution is 7.78. The minimum atomic E-state index is -0.145. The summed E-state index contributed by atoms with van der Waals surface area (Å²) >= 11 is 4.62. The summed E-state index contributed by atoms with van der Waals surface area (Å²) < 4.78 is 5.06. The maximum atomic E-state index is 11.7. The Kier molecular flexibility index (Phi) is 2.98. The summed E-state index contributed by atoms with van der Waals surface area (Å²) in [5.41, 5.74) is 0. The van der Waals surface area contributed by atoms with Gasteiger partial charge in [-0.1, -0.05) is 12.2 Å². The lowest BCUT2D eigenvalue weighted by molar-refractivity contribution is -0.149. The largest absolute Gasteiger partial charge is 0.466 e. The summed E-state index contributed by atoms with van der Waals surface area (Å²) in [6.07, 6.45) is 5.22. The van der Waals surface area contributed by atoms with Crippen molar-refractivity contribution in [3.05, 3.63) is 12.2 Å². The van der Waals surface area contributed by atoms with E-state index in [4.69, 9.17) is 4.74 Å². The van der Waals surface area contributed by atoms with Crippen molar-refractivity contribution in [2.45, 2.75) is 19.4 Å². The molecule has 4 heteroatoms. The van der Waals surface area contributed by atoms with E-state index >= 15 is 0 Å². The summed E-state index contributed by atoms with van der Waals surface area (Å²) in [6.45, 7) is 2.24. The van der Waals surface area contributed by atoms with Crippen molar-refractivity contribution >= 4 is 23.3 Å². The molecule has 0 heterocycles. The topological polar surface area (TPSA) is 38.7 Å². The predicted molar refractivity (Wildman–Crippen MR) is 59.7 cm³/mol. The van der Waals surface area contributed by atoms with Crippen molar-refractivity contribution in [1.29, 1.82) is 0 Å². The number of rotatable bonds is 3. The van der Waals surface area contributed by atoms with Crippen LogP contribution in [0.25, 0.3) is 0 Å². The molecule has 1 saturated carbocycles. The van der Waals surface area contributed by atoms with E-state index < -0.39 is 0 Å². The Morgan fingerprint density at radius 2 is 2.33 bits per heavy atom. The van der Waals surface area contributed by atoms with Crippen LogP contribution in [0.5, 0.6) is 0 Å². The van der Waals surface area contributed by atoms with Crippen molar-refractivity contribution in [2.24, 2.45) is 22.7 Å². The fourth-order valence-corrected chi connectivity index (χ4v) is 2.71. The van der Waals surface area contributed by atoms with E-state index in [0.29, 0.717) is 12.5 Å². The second-order valence-electron chi connectivity index (χ2n) is 3.94. The van der Waals surface area contributed by atoms with Gasteiger partial charge in [0.15, 0.2) is 0 Å². The Labute approximate surface area is 94.2 Å². The number of fused-ring (bicyclic) bond motifs is 2. The zero-order chi connectivity index (χ0) is 10.8. The molecule has 2 aliphatic rings. The standard InChI is InChI=1S/C11H13NO2S/c1-2-14-11(13)9-7-3-4-8(5-7)10(9)12-6-15/h3-4,7-10H,2,5H2,1H3/t7-,8+,9+,10-/m0/s1. The lowest BCUT2D eigenvalue weighted by Gasteiger charge is -2.21. The van der Waals surface area contributed by atoms with Gasteiger partial charge in [-0.05, 0) is 31.5 Å². The number of isothiocyanates is 1. The molecule has 0 radical (unpaired) electrons. The summed E-state index contributed by atoms with van der Waals surface area (Å²) in [5, 5.41) is 2.39. The monoisotopic (exact) mass is 223 g/mol. The third kappa shape index (κ3) is 1.75. The highest BCUT2D eigenvalue weighted by Crippen LogP contribution is 2.45. The van der Waals surface area contributed by atoms with Gasteiger partial charge < -0.3 is 4.74 Å². The number of esters is 1. The van der Waals surface area contributed by atoms with Crippen molar-refractivity contribution < 1.29 is 9.53 Å². The van der Waals surface area contributed by atoms with Crippen LogP contribution >= 0.6 is 12.2 Å². The second kappa shape index (κ2) is 4.25. The number of ether oxygens (including phenoxy) is 1. The maximum absolute atomic E-state index is 11.7. The van der Waals surface area contributed by atoms with Crippen LogP contribution in [0.2, 0.25) is 0 Å². The first-order chi connectivity index (χ1) is 7.27. The van der Waals surface area contributed by atoms with E-state index in [1.165, 1.54) is 0 Å². The first kappa shape index (κ1) is 10.5. The SMILES string of the molecule is CCOC(=O)[C@H]1[C@@H](N=C=S)[C@@H]2C=C[C@H]1C2. The number of aliphatic imine (C=N–C) groups is 1. The van der Waals surface area contributed by atoms with Crippen molar-refractivity contribution in [3.8, 4) is 0 Å². The summed E-state index contributed by atoms with van der Waals surface area (Å²) in [7, 11) is 0. The molecule has 0 saturated heterocycles. The molecule has 80 valence electrons. The number of thiocarbonyl (C=S) groups is 1. The Balaban J connectivity index is 2.18.